The predicted octanol–water partition coefficient (Wildman–Crippen LogP) is 1.56. The van der Waals surface area contributed by atoms with Crippen LogP contribution < -0.4 is 10.2 Å². The van der Waals surface area contributed by atoms with E-state index in [1.54, 1.807) is 0 Å². The fourth-order valence-corrected chi connectivity index (χ4v) is 2.14. The van der Waals surface area contributed by atoms with Gasteiger partial charge in [0, 0.05) is 12.6 Å². The van der Waals surface area contributed by atoms with Crippen LogP contribution in [0.1, 0.15) is 38.5 Å². The Morgan fingerprint density at radius 3 is 3.06 bits per heavy atom. The van der Waals surface area contributed by atoms with E-state index in [2.05, 4.69) is 27.3 Å². The Bertz CT molecular complexity index is 326. The van der Waals surface area contributed by atoms with Gasteiger partial charge in [-0.15, -0.1) is 5.10 Å². The maximum absolute atomic E-state index is 5.63. The van der Waals surface area contributed by atoms with Gasteiger partial charge in [0.15, 0.2) is 0 Å². The second kappa shape index (κ2) is 5.30. The number of aromatic nitrogens is 2. The Balaban J connectivity index is 2.08. The Labute approximate surface area is 96.2 Å². The molecule has 1 fully saturated rings. The normalized spacial score (nSPS) is 22.1. The number of hydrogen-bond donors (Lipinski definition) is 1. The number of hydrogen-bond acceptors (Lipinski definition) is 5. The van der Waals surface area contributed by atoms with E-state index < -0.39 is 0 Å². The molecule has 2 rings (SSSR count). The van der Waals surface area contributed by atoms with E-state index in [0.29, 0.717) is 24.5 Å². The molecular formula is C11H20N4O. The summed E-state index contributed by atoms with van der Waals surface area (Å²) in [4.78, 5) is 2.24. The number of nitrogens with zero attached hydrogens (tertiary/aromatic N) is 3. The molecule has 0 amide bonds. The van der Waals surface area contributed by atoms with E-state index in [0.717, 1.165) is 6.54 Å². The van der Waals surface area contributed by atoms with E-state index in [1.807, 2.05) is 7.05 Å². The van der Waals surface area contributed by atoms with Crippen LogP contribution in [0.4, 0.5) is 6.01 Å². The van der Waals surface area contributed by atoms with Gasteiger partial charge in [-0.25, -0.2) is 0 Å². The molecule has 0 saturated carbocycles. The Hall–Kier alpha value is -1.10. The highest BCUT2D eigenvalue weighted by atomic mass is 16.4. The smallest absolute Gasteiger partial charge is 0.318 e. The minimum Gasteiger partial charge on any atom is -0.407 e. The second-order valence-corrected chi connectivity index (χ2v) is 4.40. The van der Waals surface area contributed by atoms with Crippen LogP contribution in [-0.2, 0) is 6.54 Å². The maximum Gasteiger partial charge on any atom is 0.318 e. The van der Waals surface area contributed by atoms with Crippen LogP contribution in [0.5, 0.6) is 0 Å². The number of rotatable bonds is 3. The molecule has 1 aromatic rings. The monoisotopic (exact) mass is 224 g/mol. The van der Waals surface area contributed by atoms with Crippen LogP contribution in [0.3, 0.4) is 0 Å². The van der Waals surface area contributed by atoms with Gasteiger partial charge in [0.25, 0.3) is 0 Å². The standard InChI is InChI=1S/C11H20N4O/c1-9-6-4-3-5-7-15(9)11-14-13-10(16-11)8-12-2/h9,12H,3-8H2,1-2H3. The molecule has 90 valence electrons. The highest BCUT2D eigenvalue weighted by Gasteiger charge is 2.21. The van der Waals surface area contributed by atoms with Crippen molar-refractivity contribution in [2.24, 2.45) is 0 Å². The highest BCUT2D eigenvalue weighted by molar-refractivity contribution is 5.26. The van der Waals surface area contributed by atoms with Crippen LogP contribution in [0.25, 0.3) is 0 Å². The number of nitrogens with one attached hydrogen (secondary N) is 1. The summed E-state index contributed by atoms with van der Waals surface area (Å²) in [5.41, 5.74) is 0. The van der Waals surface area contributed by atoms with Crippen molar-refractivity contribution in [2.75, 3.05) is 18.5 Å². The molecule has 5 nitrogen and oxygen atoms in total. The average molecular weight is 224 g/mol. The summed E-state index contributed by atoms with van der Waals surface area (Å²) in [7, 11) is 1.87. The lowest BCUT2D eigenvalue weighted by Crippen LogP contribution is -2.32. The summed E-state index contributed by atoms with van der Waals surface area (Å²) in [5, 5.41) is 11.2. The van der Waals surface area contributed by atoms with Crippen molar-refractivity contribution in [1.82, 2.24) is 15.5 Å². The van der Waals surface area contributed by atoms with Gasteiger partial charge in [-0.2, -0.15) is 0 Å². The zero-order chi connectivity index (χ0) is 11.4. The molecule has 16 heavy (non-hydrogen) atoms. The molecule has 1 aliphatic heterocycles. The lowest BCUT2D eigenvalue weighted by molar-refractivity contribution is 0.455. The largest absolute Gasteiger partial charge is 0.407 e. The number of anilines is 1. The molecule has 0 bridgehead atoms. The van der Waals surface area contributed by atoms with E-state index in [1.165, 1.54) is 25.7 Å². The fourth-order valence-electron chi connectivity index (χ4n) is 2.14. The molecule has 0 spiro atoms. The first-order chi connectivity index (χ1) is 7.81. The molecule has 1 N–H and O–H groups in total. The molecule has 5 heteroatoms. The molecule has 0 aliphatic carbocycles. The van der Waals surface area contributed by atoms with Crippen molar-refractivity contribution in [3.05, 3.63) is 5.89 Å². The van der Waals surface area contributed by atoms with Gasteiger partial charge in [-0.05, 0) is 26.8 Å². The van der Waals surface area contributed by atoms with Crippen LogP contribution in [0.15, 0.2) is 4.42 Å². The third kappa shape index (κ3) is 2.52. The van der Waals surface area contributed by atoms with Gasteiger partial charge in [0.2, 0.25) is 5.89 Å². The highest BCUT2D eigenvalue weighted by Crippen LogP contribution is 2.22. The quantitative estimate of drug-likeness (QED) is 0.844. The Kier molecular flexibility index (Phi) is 3.77. The van der Waals surface area contributed by atoms with Crippen molar-refractivity contribution in [2.45, 2.75) is 45.2 Å². The summed E-state index contributed by atoms with van der Waals surface area (Å²) in [6.07, 6.45) is 5.03. The maximum atomic E-state index is 5.63. The summed E-state index contributed by atoms with van der Waals surface area (Å²) >= 11 is 0. The van der Waals surface area contributed by atoms with Gasteiger partial charge >= 0.3 is 6.01 Å². The Morgan fingerprint density at radius 2 is 2.25 bits per heavy atom. The topological polar surface area (TPSA) is 54.2 Å². The molecule has 1 unspecified atom stereocenters. The lowest BCUT2D eigenvalue weighted by Gasteiger charge is -2.24. The zero-order valence-electron chi connectivity index (χ0n) is 10.1. The summed E-state index contributed by atoms with van der Waals surface area (Å²) < 4.78 is 5.63. The first-order valence-electron chi connectivity index (χ1n) is 6.05. The molecule has 0 radical (unpaired) electrons. The molecule has 1 atom stereocenters. The Morgan fingerprint density at radius 1 is 1.38 bits per heavy atom. The predicted molar refractivity (Wildman–Crippen MR) is 62.3 cm³/mol. The van der Waals surface area contributed by atoms with E-state index >= 15 is 0 Å². The van der Waals surface area contributed by atoms with Gasteiger partial charge in [0.05, 0.1) is 6.54 Å². The molecule has 1 aromatic heterocycles. The lowest BCUT2D eigenvalue weighted by atomic mass is 10.1. The van der Waals surface area contributed by atoms with Crippen molar-refractivity contribution in [3.63, 3.8) is 0 Å². The van der Waals surface area contributed by atoms with Crippen LogP contribution in [-0.4, -0.2) is 29.8 Å². The first kappa shape index (κ1) is 11.4. The van der Waals surface area contributed by atoms with E-state index in [4.69, 9.17) is 4.42 Å². The van der Waals surface area contributed by atoms with Gasteiger partial charge < -0.3 is 14.6 Å². The molecule has 1 aliphatic rings. The average Bonchev–Trinajstić information content (AvgIpc) is 2.61. The summed E-state index contributed by atoms with van der Waals surface area (Å²) in [6.45, 7) is 3.89. The van der Waals surface area contributed by atoms with Crippen molar-refractivity contribution in [3.8, 4) is 0 Å². The van der Waals surface area contributed by atoms with Gasteiger partial charge in [0.1, 0.15) is 0 Å². The van der Waals surface area contributed by atoms with E-state index in [9.17, 15) is 0 Å². The van der Waals surface area contributed by atoms with E-state index in [-0.39, 0.29) is 0 Å². The second-order valence-electron chi connectivity index (χ2n) is 4.40. The third-order valence-electron chi connectivity index (χ3n) is 3.08. The van der Waals surface area contributed by atoms with Crippen LogP contribution in [0.2, 0.25) is 0 Å². The van der Waals surface area contributed by atoms with Crippen LogP contribution in [0, 0.1) is 0 Å². The van der Waals surface area contributed by atoms with Gasteiger partial charge in [-0.3, -0.25) is 0 Å². The summed E-state index contributed by atoms with van der Waals surface area (Å²) in [6, 6.07) is 1.19. The van der Waals surface area contributed by atoms with Crippen molar-refractivity contribution >= 4 is 6.01 Å². The van der Waals surface area contributed by atoms with Gasteiger partial charge in [-0.1, -0.05) is 17.9 Å². The third-order valence-corrected chi connectivity index (χ3v) is 3.08. The minimum absolute atomic E-state index is 0.505. The SMILES string of the molecule is CNCc1nnc(N2CCCCCC2C)o1. The summed E-state index contributed by atoms with van der Waals surface area (Å²) in [5.74, 6) is 0.661. The van der Waals surface area contributed by atoms with Crippen molar-refractivity contribution in [1.29, 1.82) is 0 Å². The molecular weight excluding hydrogens is 204 g/mol. The fraction of sp³-hybridized carbons (Fsp3) is 0.818. The molecule has 1 saturated heterocycles. The molecule has 0 aromatic carbocycles. The van der Waals surface area contributed by atoms with Crippen LogP contribution >= 0.6 is 0 Å². The first-order valence-corrected chi connectivity index (χ1v) is 6.05. The molecule has 2 heterocycles. The van der Waals surface area contributed by atoms with Crippen molar-refractivity contribution < 1.29 is 4.42 Å². The zero-order valence-corrected chi connectivity index (χ0v) is 10.1. The minimum atomic E-state index is 0.505.